The van der Waals surface area contributed by atoms with Gasteiger partial charge in [-0.1, -0.05) is 76.6 Å². The number of primary amides is 3. The van der Waals surface area contributed by atoms with Gasteiger partial charge in [0.15, 0.2) is 11.5 Å². The normalized spacial score (nSPS) is 11.6. The molecule has 5 aromatic carbocycles. The number of phenolic OH excluding ortho intramolecular Hbond substituents is 3. The zero-order chi connectivity index (χ0) is 45.6. The molecule has 0 radical (unpaired) electrons. The summed E-state index contributed by atoms with van der Waals surface area (Å²) < 4.78 is 5.56. The molecule has 0 aliphatic heterocycles. The third kappa shape index (κ3) is 18.1. The van der Waals surface area contributed by atoms with Crippen molar-refractivity contribution in [2.24, 2.45) is 34.4 Å². The number of alkyl halides is 1. The zero-order valence-electron chi connectivity index (χ0n) is 32.6. The molecule has 5 aromatic rings. The molecule has 3 atom stereocenters. The van der Waals surface area contributed by atoms with Gasteiger partial charge in [-0.25, -0.2) is 0 Å². The Hall–Kier alpha value is -7.13. The number of halogens is 1. The van der Waals surface area contributed by atoms with Gasteiger partial charge in [0, 0.05) is 23.0 Å². The quantitative estimate of drug-likeness (QED) is 0.0315. The van der Waals surface area contributed by atoms with Crippen molar-refractivity contribution in [1.82, 2.24) is 0 Å². The van der Waals surface area contributed by atoms with E-state index in [1.165, 1.54) is 24.3 Å². The number of amides is 3. The van der Waals surface area contributed by atoms with E-state index in [9.17, 15) is 34.6 Å². The van der Waals surface area contributed by atoms with Crippen molar-refractivity contribution in [3.63, 3.8) is 0 Å². The second-order valence-corrected chi connectivity index (χ2v) is 13.5. The number of nitrogens with two attached hydrogens (primary N) is 6. The molecule has 61 heavy (non-hydrogen) atoms. The predicted octanol–water partition coefficient (Wildman–Crippen LogP) is 3.22. The molecule has 0 aromatic heterocycles. The minimum absolute atomic E-state index is 0.0246. The van der Waals surface area contributed by atoms with Gasteiger partial charge in [0.25, 0.3) is 11.4 Å². The van der Waals surface area contributed by atoms with Crippen LogP contribution in [0.1, 0.15) is 27.8 Å². The van der Waals surface area contributed by atoms with E-state index in [-0.39, 0.29) is 46.6 Å². The van der Waals surface area contributed by atoms with Gasteiger partial charge in [-0.3, -0.25) is 34.6 Å². The first-order valence-electron chi connectivity index (χ1n) is 18.0. The summed E-state index contributed by atoms with van der Waals surface area (Å²) in [5.74, 6) is -1.36. The lowest BCUT2D eigenvalue weighted by atomic mass is 10.1. The second-order valence-electron chi connectivity index (χ2n) is 13.0. The number of hydrogen-bond donors (Lipinski definition) is 9. The highest BCUT2D eigenvalue weighted by molar-refractivity contribution is 9.08. The molecule has 0 saturated carbocycles. The Bertz CT molecular complexity index is 2230. The Morgan fingerprint density at radius 3 is 1.38 bits per heavy atom. The van der Waals surface area contributed by atoms with Crippen molar-refractivity contribution in [2.75, 3.05) is 0 Å². The third-order valence-corrected chi connectivity index (χ3v) is 8.88. The lowest BCUT2D eigenvalue weighted by Gasteiger charge is -2.09. The molecular formula is C41H47BrN8O11. The van der Waals surface area contributed by atoms with Crippen LogP contribution in [0.15, 0.2) is 115 Å². The van der Waals surface area contributed by atoms with Gasteiger partial charge in [-0.15, -0.1) is 0 Å². The number of rotatable bonds is 15. The third-order valence-electron chi connectivity index (χ3n) is 8.28. The number of para-hydroxylation sites is 2. The molecule has 324 valence electrons. The lowest BCUT2D eigenvalue weighted by molar-refractivity contribution is -0.385. The number of nitro benzene ring substituents is 2. The molecule has 0 fully saturated rings. The van der Waals surface area contributed by atoms with Gasteiger partial charge in [-0.05, 0) is 78.4 Å². The molecule has 19 nitrogen and oxygen atoms in total. The number of nitro groups is 2. The number of aromatic hydroxyl groups is 3. The fraction of sp³-hybridized carbons (Fsp3) is 0.195. The van der Waals surface area contributed by atoms with Crippen LogP contribution in [0.3, 0.4) is 0 Å². The van der Waals surface area contributed by atoms with E-state index in [2.05, 4.69) is 15.9 Å². The second kappa shape index (κ2) is 25.4. The van der Waals surface area contributed by atoms with Gasteiger partial charge in [0.2, 0.25) is 17.7 Å². The van der Waals surface area contributed by atoms with E-state index < -0.39 is 40.8 Å². The molecule has 0 saturated heterocycles. The van der Waals surface area contributed by atoms with Gasteiger partial charge in [-0.2, -0.15) is 0 Å². The van der Waals surface area contributed by atoms with Gasteiger partial charge in [0.1, 0.15) is 18.1 Å². The standard InChI is InChI=1S/C16H17N3O4.C9H12N2O3.C9H12N2O2.C7H6BrNO2/c17-14(16(18)20)9-11-5-7-13(8-6-11)23-10-12-3-1-2-4-15(12)19(21)22;10-6(9(11)14)3-5-1-2-7(12)8(13)4-5;10-8(9(11)13)5-6-1-3-7(12)4-2-6;8-5-6-3-1-2-4-7(6)9(10)11/h1-8,14H,9-10,17H2,(H2,18,20);1-2,4,6,12-13H,3,10H2,(H2,11,14);1-4,8,12H,5,10H2,(H2,11,13);1-4H,5H2. The van der Waals surface area contributed by atoms with Crippen LogP contribution in [0.4, 0.5) is 11.4 Å². The Morgan fingerprint density at radius 1 is 0.574 bits per heavy atom. The molecule has 3 amide bonds. The van der Waals surface area contributed by atoms with Crippen LogP contribution < -0.4 is 39.1 Å². The van der Waals surface area contributed by atoms with E-state index in [1.54, 1.807) is 91.0 Å². The summed E-state index contributed by atoms with van der Waals surface area (Å²) in [4.78, 5) is 52.7. The van der Waals surface area contributed by atoms with Crippen molar-refractivity contribution in [1.29, 1.82) is 0 Å². The molecule has 0 bridgehead atoms. The predicted molar refractivity (Wildman–Crippen MR) is 230 cm³/mol. The number of phenols is 3. The van der Waals surface area contributed by atoms with E-state index in [1.807, 2.05) is 0 Å². The van der Waals surface area contributed by atoms with Crippen LogP contribution in [0.5, 0.6) is 23.0 Å². The molecule has 0 aliphatic rings. The summed E-state index contributed by atoms with van der Waals surface area (Å²) in [5, 5.41) is 49.0. The molecule has 0 aliphatic carbocycles. The van der Waals surface area contributed by atoms with Crippen molar-refractivity contribution < 1.29 is 44.3 Å². The summed E-state index contributed by atoms with van der Waals surface area (Å²) in [5.41, 5.74) is 35.3. The molecule has 5 rings (SSSR count). The number of carbonyl (C=O) groups is 3. The van der Waals surface area contributed by atoms with Crippen LogP contribution in [0.25, 0.3) is 0 Å². The van der Waals surface area contributed by atoms with Crippen LogP contribution in [0.2, 0.25) is 0 Å². The molecular weight excluding hydrogens is 860 g/mol. The SMILES string of the molecule is NC(=O)C(N)Cc1ccc(O)c(O)c1.NC(=O)C(N)Cc1ccc(O)cc1.NC(=O)C(N)Cc1ccc(OCc2ccccc2[N+](=O)[O-])cc1.O=[N+]([O-])c1ccccc1CBr. The fourth-order valence-corrected chi connectivity index (χ4v) is 5.36. The van der Waals surface area contributed by atoms with Crippen molar-refractivity contribution in [2.45, 2.75) is 49.3 Å². The Kier molecular flexibility index (Phi) is 20.8. The van der Waals surface area contributed by atoms with E-state index >= 15 is 0 Å². The van der Waals surface area contributed by atoms with Gasteiger partial charge < -0.3 is 54.5 Å². The highest BCUT2D eigenvalue weighted by Crippen LogP contribution is 2.25. The Balaban J connectivity index is 0.000000294. The largest absolute Gasteiger partial charge is 0.508 e. The van der Waals surface area contributed by atoms with Crippen molar-refractivity contribution >= 4 is 45.0 Å². The first kappa shape index (κ1) is 50.0. The molecule has 15 N–H and O–H groups in total. The number of carbonyl (C=O) groups excluding carboxylic acids is 3. The van der Waals surface area contributed by atoms with Crippen LogP contribution >= 0.6 is 15.9 Å². The summed E-state index contributed by atoms with van der Waals surface area (Å²) in [6, 6.07) is 28.7. The van der Waals surface area contributed by atoms with Gasteiger partial charge >= 0.3 is 0 Å². The monoisotopic (exact) mass is 906 g/mol. The minimum atomic E-state index is -0.779. The Morgan fingerprint density at radius 2 is 0.967 bits per heavy atom. The van der Waals surface area contributed by atoms with Gasteiger partial charge in [0.05, 0.1) is 33.5 Å². The maximum atomic E-state index is 10.9. The van der Waals surface area contributed by atoms with Crippen LogP contribution in [0, 0.1) is 20.2 Å². The smallest absolute Gasteiger partial charge is 0.276 e. The summed E-state index contributed by atoms with van der Waals surface area (Å²) >= 11 is 3.17. The van der Waals surface area contributed by atoms with Crippen molar-refractivity contribution in [3.05, 3.63) is 163 Å². The summed E-state index contributed by atoms with van der Waals surface area (Å²) in [6.07, 6.45) is 0.985. The number of ether oxygens (including phenoxy) is 1. The maximum Gasteiger partial charge on any atom is 0.276 e. The first-order chi connectivity index (χ1) is 28.8. The number of benzene rings is 5. The molecule has 0 spiro atoms. The Labute approximate surface area is 358 Å². The molecule has 3 unspecified atom stereocenters. The topological polar surface area (TPSA) is 364 Å². The first-order valence-corrected chi connectivity index (χ1v) is 19.1. The summed E-state index contributed by atoms with van der Waals surface area (Å²) in [6.45, 7) is 0.0945. The number of hydrogen-bond acceptors (Lipinski definition) is 14. The van der Waals surface area contributed by atoms with E-state index in [4.69, 9.17) is 54.5 Å². The van der Waals surface area contributed by atoms with Crippen LogP contribution in [-0.2, 0) is 45.6 Å². The van der Waals surface area contributed by atoms with Crippen LogP contribution in [-0.4, -0.2) is 61.0 Å². The maximum absolute atomic E-state index is 10.9. The molecule has 20 heteroatoms. The average molecular weight is 908 g/mol. The fourth-order valence-electron chi connectivity index (χ4n) is 4.89. The zero-order valence-corrected chi connectivity index (χ0v) is 34.2. The molecule has 0 heterocycles. The number of nitrogens with zero attached hydrogens (tertiary/aromatic N) is 2. The summed E-state index contributed by atoms with van der Waals surface area (Å²) in [7, 11) is 0. The van der Waals surface area contributed by atoms with Crippen molar-refractivity contribution in [3.8, 4) is 23.0 Å². The minimum Gasteiger partial charge on any atom is -0.508 e. The van der Waals surface area contributed by atoms with E-state index in [0.29, 0.717) is 40.6 Å². The average Bonchev–Trinajstić information content (AvgIpc) is 3.23. The highest BCUT2D eigenvalue weighted by atomic mass is 79.9. The van der Waals surface area contributed by atoms with E-state index in [0.717, 1.165) is 11.1 Å². The highest BCUT2D eigenvalue weighted by Gasteiger charge is 2.15. The lowest BCUT2D eigenvalue weighted by Crippen LogP contribution is -2.38.